The van der Waals surface area contributed by atoms with Gasteiger partial charge in [-0.05, 0) is 42.5 Å². The van der Waals surface area contributed by atoms with E-state index in [1.165, 1.54) is 24.3 Å². The van der Waals surface area contributed by atoms with E-state index in [4.69, 9.17) is 0 Å². The molecule has 0 N–H and O–H groups in total. The molecule has 0 aliphatic rings. The molecule has 1 aromatic heterocycles. The highest BCUT2D eigenvalue weighted by atomic mass is 32.1. The molecule has 0 aliphatic carbocycles. The number of non-ortho nitro benzene ring substituents is 1. The lowest BCUT2D eigenvalue weighted by atomic mass is 10.1. The number of amides is 2. The van der Waals surface area contributed by atoms with Crippen molar-refractivity contribution >= 4 is 28.8 Å². The zero-order valence-electron chi connectivity index (χ0n) is 18.7. The number of rotatable bonds is 10. The van der Waals surface area contributed by atoms with Gasteiger partial charge in [0.15, 0.2) is 0 Å². The molecule has 0 radical (unpaired) electrons. The smallest absolute Gasteiger partial charge is 0.269 e. The van der Waals surface area contributed by atoms with Crippen LogP contribution in [0.1, 0.15) is 41.1 Å². The molecule has 33 heavy (non-hydrogen) atoms. The summed E-state index contributed by atoms with van der Waals surface area (Å²) in [5.41, 5.74) is 1.25. The van der Waals surface area contributed by atoms with Crippen molar-refractivity contribution in [2.45, 2.75) is 39.4 Å². The highest BCUT2D eigenvalue weighted by molar-refractivity contribution is 7.09. The third-order valence-corrected chi connectivity index (χ3v) is 6.37. The first-order valence-corrected chi connectivity index (χ1v) is 11.7. The van der Waals surface area contributed by atoms with Crippen molar-refractivity contribution < 1.29 is 14.5 Å². The SMILES string of the molecule is CCC(C)N(CC(=O)N(Cc1ccccc1)Cc1cccs1)C(=O)c1ccc([N+](=O)[O-])cc1. The van der Waals surface area contributed by atoms with Crippen molar-refractivity contribution in [1.29, 1.82) is 0 Å². The third-order valence-electron chi connectivity index (χ3n) is 5.51. The average Bonchev–Trinajstić information content (AvgIpc) is 3.35. The number of nitrogens with zero attached hydrogens (tertiary/aromatic N) is 3. The van der Waals surface area contributed by atoms with Gasteiger partial charge in [-0.15, -0.1) is 11.3 Å². The molecule has 0 fully saturated rings. The van der Waals surface area contributed by atoms with Gasteiger partial charge in [-0.3, -0.25) is 19.7 Å². The zero-order valence-corrected chi connectivity index (χ0v) is 19.5. The third kappa shape index (κ3) is 6.49. The van der Waals surface area contributed by atoms with Gasteiger partial charge < -0.3 is 9.80 Å². The molecule has 3 aromatic rings. The molecular formula is C25H27N3O4S. The maximum Gasteiger partial charge on any atom is 0.269 e. The number of carbonyl (C=O) groups is 2. The molecule has 0 saturated heterocycles. The summed E-state index contributed by atoms with van der Waals surface area (Å²) in [4.78, 5) is 41.5. The predicted molar refractivity (Wildman–Crippen MR) is 129 cm³/mol. The molecule has 1 atom stereocenters. The van der Waals surface area contributed by atoms with Gasteiger partial charge in [0.2, 0.25) is 5.91 Å². The number of carbonyl (C=O) groups excluding carboxylic acids is 2. The molecule has 3 rings (SSSR count). The summed E-state index contributed by atoms with van der Waals surface area (Å²) in [6.07, 6.45) is 0.676. The van der Waals surface area contributed by atoms with Gasteiger partial charge in [-0.25, -0.2) is 0 Å². The highest BCUT2D eigenvalue weighted by Crippen LogP contribution is 2.18. The van der Waals surface area contributed by atoms with E-state index in [0.29, 0.717) is 25.1 Å². The Labute approximate surface area is 197 Å². The number of nitro benzene ring substituents is 1. The first-order valence-electron chi connectivity index (χ1n) is 10.8. The van der Waals surface area contributed by atoms with Crippen LogP contribution >= 0.6 is 11.3 Å². The molecule has 2 amide bonds. The van der Waals surface area contributed by atoms with Crippen LogP contribution in [-0.2, 0) is 17.9 Å². The second kappa shape index (κ2) is 11.4. The first-order chi connectivity index (χ1) is 15.9. The Morgan fingerprint density at radius 1 is 1.00 bits per heavy atom. The van der Waals surface area contributed by atoms with E-state index in [2.05, 4.69) is 0 Å². The van der Waals surface area contributed by atoms with Crippen LogP contribution in [0.3, 0.4) is 0 Å². The Morgan fingerprint density at radius 2 is 1.70 bits per heavy atom. The second-order valence-electron chi connectivity index (χ2n) is 7.81. The second-order valence-corrected chi connectivity index (χ2v) is 8.84. The van der Waals surface area contributed by atoms with Crippen LogP contribution in [-0.4, -0.2) is 39.1 Å². The summed E-state index contributed by atoms with van der Waals surface area (Å²) < 4.78 is 0. The normalized spacial score (nSPS) is 11.6. The van der Waals surface area contributed by atoms with Crippen LogP contribution in [0.25, 0.3) is 0 Å². The van der Waals surface area contributed by atoms with Gasteiger partial charge in [-0.2, -0.15) is 0 Å². The number of hydrogen-bond donors (Lipinski definition) is 0. The van der Waals surface area contributed by atoms with Crippen LogP contribution in [0.15, 0.2) is 72.1 Å². The molecule has 0 saturated carbocycles. The van der Waals surface area contributed by atoms with E-state index in [0.717, 1.165) is 10.4 Å². The van der Waals surface area contributed by atoms with Gasteiger partial charge in [-0.1, -0.05) is 43.3 Å². The summed E-state index contributed by atoms with van der Waals surface area (Å²) >= 11 is 1.59. The van der Waals surface area contributed by atoms with Gasteiger partial charge in [0, 0.05) is 35.2 Å². The fraction of sp³-hybridized carbons (Fsp3) is 0.280. The van der Waals surface area contributed by atoms with E-state index in [9.17, 15) is 19.7 Å². The Hall–Kier alpha value is -3.52. The van der Waals surface area contributed by atoms with E-state index >= 15 is 0 Å². The summed E-state index contributed by atoms with van der Waals surface area (Å²) in [6.45, 7) is 4.70. The van der Waals surface area contributed by atoms with Crippen molar-refractivity contribution in [3.8, 4) is 0 Å². The Balaban J connectivity index is 1.81. The van der Waals surface area contributed by atoms with Crippen LogP contribution < -0.4 is 0 Å². The topological polar surface area (TPSA) is 83.8 Å². The number of thiophene rings is 1. The molecule has 0 bridgehead atoms. The largest absolute Gasteiger partial charge is 0.332 e. The molecule has 0 aliphatic heterocycles. The molecule has 0 spiro atoms. The predicted octanol–water partition coefficient (Wildman–Crippen LogP) is 5.13. The van der Waals surface area contributed by atoms with E-state index in [1.807, 2.05) is 61.7 Å². The van der Waals surface area contributed by atoms with Gasteiger partial charge in [0.05, 0.1) is 11.5 Å². The monoisotopic (exact) mass is 465 g/mol. The molecule has 1 unspecified atom stereocenters. The van der Waals surface area contributed by atoms with E-state index in [1.54, 1.807) is 21.1 Å². The average molecular weight is 466 g/mol. The fourth-order valence-electron chi connectivity index (χ4n) is 3.41. The van der Waals surface area contributed by atoms with Gasteiger partial charge in [0.25, 0.3) is 11.6 Å². The minimum absolute atomic E-state index is 0.0664. The molecule has 1 heterocycles. The lowest BCUT2D eigenvalue weighted by Crippen LogP contribution is -2.46. The lowest BCUT2D eigenvalue weighted by molar-refractivity contribution is -0.384. The Morgan fingerprint density at radius 3 is 2.27 bits per heavy atom. The summed E-state index contributed by atoms with van der Waals surface area (Å²) in [5.74, 6) is -0.466. The molecule has 172 valence electrons. The maximum atomic E-state index is 13.4. The Bertz CT molecular complexity index is 1070. The van der Waals surface area contributed by atoms with Crippen molar-refractivity contribution in [1.82, 2.24) is 9.80 Å². The van der Waals surface area contributed by atoms with Crippen molar-refractivity contribution in [2.24, 2.45) is 0 Å². The molecular weight excluding hydrogens is 438 g/mol. The Kier molecular flexibility index (Phi) is 8.32. The van der Waals surface area contributed by atoms with Gasteiger partial charge >= 0.3 is 0 Å². The standard InChI is InChI=1S/C25H27N3O4S/c1-3-19(2)27(25(30)21-11-13-22(14-12-21)28(31)32)18-24(29)26(17-23-10-7-15-33-23)16-20-8-5-4-6-9-20/h4-15,19H,3,16-18H2,1-2H3. The maximum absolute atomic E-state index is 13.4. The van der Waals surface area contributed by atoms with Crippen molar-refractivity contribution in [3.63, 3.8) is 0 Å². The van der Waals surface area contributed by atoms with Crippen LogP contribution in [0.4, 0.5) is 5.69 Å². The molecule has 2 aromatic carbocycles. The zero-order chi connectivity index (χ0) is 23.8. The van der Waals surface area contributed by atoms with Crippen LogP contribution in [0.5, 0.6) is 0 Å². The van der Waals surface area contributed by atoms with Gasteiger partial charge in [0.1, 0.15) is 6.54 Å². The van der Waals surface area contributed by atoms with E-state index in [-0.39, 0.29) is 30.1 Å². The lowest BCUT2D eigenvalue weighted by Gasteiger charge is -2.31. The summed E-state index contributed by atoms with van der Waals surface area (Å²) in [5, 5.41) is 12.9. The minimum atomic E-state index is -0.504. The number of nitro groups is 1. The quantitative estimate of drug-likeness (QED) is 0.307. The minimum Gasteiger partial charge on any atom is -0.332 e. The summed E-state index contributed by atoms with van der Waals surface area (Å²) in [6, 6.07) is 19.0. The van der Waals surface area contributed by atoms with Crippen molar-refractivity contribution in [2.75, 3.05) is 6.54 Å². The highest BCUT2D eigenvalue weighted by Gasteiger charge is 2.26. The molecule has 7 nitrogen and oxygen atoms in total. The van der Waals surface area contributed by atoms with Crippen molar-refractivity contribution in [3.05, 3.63) is 98.2 Å². The molecule has 8 heteroatoms. The fourth-order valence-corrected chi connectivity index (χ4v) is 4.13. The number of benzene rings is 2. The van der Waals surface area contributed by atoms with Crippen LogP contribution in [0.2, 0.25) is 0 Å². The summed E-state index contributed by atoms with van der Waals surface area (Å²) in [7, 11) is 0. The number of hydrogen-bond acceptors (Lipinski definition) is 5. The van der Waals surface area contributed by atoms with E-state index < -0.39 is 4.92 Å². The van der Waals surface area contributed by atoms with Crippen LogP contribution in [0, 0.1) is 10.1 Å². The first kappa shape index (κ1) is 24.1.